The van der Waals surface area contributed by atoms with E-state index in [4.69, 9.17) is 10.5 Å². The molecule has 1 aliphatic rings. The maximum absolute atomic E-state index is 11.8. The molecule has 0 amide bonds. The van der Waals surface area contributed by atoms with Crippen LogP contribution in [0, 0.1) is 5.92 Å². The maximum atomic E-state index is 11.8. The smallest absolute Gasteiger partial charge is 0.310 e. The van der Waals surface area contributed by atoms with Crippen LogP contribution in [-0.4, -0.2) is 26.7 Å². The zero-order valence-corrected chi connectivity index (χ0v) is 11.8. The van der Waals surface area contributed by atoms with Crippen molar-refractivity contribution in [2.75, 3.05) is 6.61 Å². The van der Waals surface area contributed by atoms with Crippen molar-refractivity contribution in [3.8, 4) is 0 Å². The lowest BCUT2D eigenvalue weighted by Crippen LogP contribution is -2.39. The molecule has 0 saturated heterocycles. The van der Waals surface area contributed by atoms with E-state index in [0.717, 1.165) is 31.7 Å². The summed E-state index contributed by atoms with van der Waals surface area (Å²) >= 11 is 0. The summed E-state index contributed by atoms with van der Waals surface area (Å²) in [4.78, 5) is 11.8. The van der Waals surface area contributed by atoms with E-state index in [1.54, 1.807) is 0 Å². The van der Waals surface area contributed by atoms with Crippen molar-refractivity contribution >= 4 is 14.0 Å². The van der Waals surface area contributed by atoms with Gasteiger partial charge in [-0.15, -0.1) is 0 Å². The summed E-state index contributed by atoms with van der Waals surface area (Å²) in [6, 6.07) is 1.06. The fourth-order valence-corrected chi connectivity index (χ4v) is 2.73. The molecule has 0 aromatic heterocycles. The van der Waals surface area contributed by atoms with Crippen LogP contribution >= 0.6 is 0 Å². The summed E-state index contributed by atoms with van der Waals surface area (Å²) in [5, 5.41) is 0. The van der Waals surface area contributed by atoms with E-state index in [9.17, 15) is 4.79 Å². The molecule has 0 aromatic carbocycles. The Balaban J connectivity index is 2.29. The lowest BCUT2D eigenvalue weighted by Gasteiger charge is -2.27. The van der Waals surface area contributed by atoms with Gasteiger partial charge in [-0.2, -0.15) is 0 Å². The number of rotatable bonds is 4. The first-order chi connectivity index (χ1) is 7.40. The van der Waals surface area contributed by atoms with Gasteiger partial charge < -0.3 is 10.5 Å². The average Bonchev–Trinajstić information content (AvgIpc) is 2.16. The summed E-state index contributed by atoms with van der Waals surface area (Å²) in [5.74, 6) is -0.110. The van der Waals surface area contributed by atoms with Crippen LogP contribution in [0.2, 0.25) is 25.7 Å². The Kier molecular flexibility index (Phi) is 4.99. The average molecular weight is 243 g/mol. The predicted molar refractivity (Wildman–Crippen MR) is 69.0 cm³/mol. The molecule has 0 aromatic rings. The highest BCUT2D eigenvalue weighted by Gasteiger charge is 2.29. The van der Waals surface area contributed by atoms with Crippen LogP contribution in [0.5, 0.6) is 0 Å². The van der Waals surface area contributed by atoms with Gasteiger partial charge in [-0.05, 0) is 18.9 Å². The first-order valence-electron chi connectivity index (χ1n) is 6.32. The van der Waals surface area contributed by atoms with Crippen molar-refractivity contribution in [1.29, 1.82) is 0 Å². The number of hydrogen-bond donors (Lipinski definition) is 1. The van der Waals surface area contributed by atoms with Crippen molar-refractivity contribution in [3.63, 3.8) is 0 Å². The van der Waals surface area contributed by atoms with Crippen LogP contribution in [0.3, 0.4) is 0 Å². The van der Waals surface area contributed by atoms with Gasteiger partial charge in [-0.3, -0.25) is 4.79 Å². The highest BCUT2D eigenvalue weighted by Crippen LogP contribution is 2.24. The quantitative estimate of drug-likeness (QED) is 0.609. The minimum absolute atomic E-state index is 0.0214. The van der Waals surface area contributed by atoms with Gasteiger partial charge in [0.25, 0.3) is 0 Å². The Labute approximate surface area is 99.7 Å². The second-order valence-corrected chi connectivity index (χ2v) is 11.7. The number of carbonyl (C=O) groups is 1. The molecule has 0 bridgehead atoms. The SMILES string of the molecule is C[Si](C)(C)CCOC(=O)[C@H]1CCCC[C@H]1N. The molecule has 0 spiro atoms. The molecule has 0 aliphatic heterocycles. The van der Waals surface area contributed by atoms with E-state index < -0.39 is 8.07 Å². The molecule has 2 atom stereocenters. The van der Waals surface area contributed by atoms with E-state index >= 15 is 0 Å². The second-order valence-electron chi connectivity index (χ2n) is 6.03. The molecule has 94 valence electrons. The zero-order valence-electron chi connectivity index (χ0n) is 10.8. The normalized spacial score (nSPS) is 26.5. The fourth-order valence-electron chi connectivity index (χ4n) is 2.02. The minimum Gasteiger partial charge on any atom is -0.466 e. The molecule has 0 heterocycles. The molecule has 1 fully saturated rings. The molecular formula is C12H25NO2Si. The predicted octanol–water partition coefficient (Wildman–Crippen LogP) is 2.39. The van der Waals surface area contributed by atoms with Gasteiger partial charge in [-0.1, -0.05) is 32.5 Å². The zero-order chi connectivity index (χ0) is 12.2. The van der Waals surface area contributed by atoms with Crippen molar-refractivity contribution in [2.24, 2.45) is 11.7 Å². The van der Waals surface area contributed by atoms with E-state index in [2.05, 4.69) is 19.6 Å². The van der Waals surface area contributed by atoms with E-state index in [0.29, 0.717) is 6.61 Å². The van der Waals surface area contributed by atoms with E-state index in [1.165, 1.54) is 0 Å². The Morgan fingerprint density at radius 2 is 1.94 bits per heavy atom. The second kappa shape index (κ2) is 5.82. The summed E-state index contributed by atoms with van der Waals surface area (Å²) in [6.07, 6.45) is 4.14. The maximum Gasteiger partial charge on any atom is 0.310 e. The summed E-state index contributed by atoms with van der Waals surface area (Å²) in [5.41, 5.74) is 5.95. The first-order valence-corrected chi connectivity index (χ1v) is 10.0. The molecule has 1 aliphatic carbocycles. The van der Waals surface area contributed by atoms with Gasteiger partial charge in [0, 0.05) is 14.1 Å². The van der Waals surface area contributed by atoms with Crippen molar-refractivity contribution in [3.05, 3.63) is 0 Å². The number of hydrogen-bond acceptors (Lipinski definition) is 3. The fraction of sp³-hybridized carbons (Fsp3) is 0.917. The lowest BCUT2D eigenvalue weighted by molar-refractivity contribution is -0.149. The van der Waals surface area contributed by atoms with Crippen molar-refractivity contribution < 1.29 is 9.53 Å². The van der Waals surface area contributed by atoms with Gasteiger partial charge >= 0.3 is 5.97 Å². The molecule has 0 radical (unpaired) electrons. The third-order valence-electron chi connectivity index (χ3n) is 3.22. The van der Waals surface area contributed by atoms with Crippen LogP contribution in [0.25, 0.3) is 0 Å². The van der Waals surface area contributed by atoms with Crippen molar-refractivity contribution in [1.82, 2.24) is 0 Å². The number of nitrogens with two attached hydrogens (primary N) is 1. The van der Waals surface area contributed by atoms with Crippen LogP contribution in [-0.2, 0) is 9.53 Å². The van der Waals surface area contributed by atoms with Gasteiger partial charge in [0.2, 0.25) is 0 Å². The molecule has 0 unspecified atom stereocenters. The number of ether oxygens (including phenoxy) is 1. The summed E-state index contributed by atoms with van der Waals surface area (Å²) in [7, 11) is -1.10. The molecule has 16 heavy (non-hydrogen) atoms. The third kappa shape index (κ3) is 4.66. The molecule has 4 heteroatoms. The van der Waals surface area contributed by atoms with Crippen LogP contribution < -0.4 is 5.73 Å². The van der Waals surface area contributed by atoms with Crippen LogP contribution in [0.1, 0.15) is 25.7 Å². The molecule has 1 saturated carbocycles. The van der Waals surface area contributed by atoms with Gasteiger partial charge in [0.05, 0.1) is 12.5 Å². The minimum atomic E-state index is -1.10. The Hall–Kier alpha value is -0.353. The number of carbonyl (C=O) groups excluding carboxylic acids is 1. The lowest BCUT2D eigenvalue weighted by atomic mass is 9.85. The van der Waals surface area contributed by atoms with E-state index in [-0.39, 0.29) is 17.9 Å². The molecule has 2 N–H and O–H groups in total. The van der Waals surface area contributed by atoms with E-state index in [1.807, 2.05) is 0 Å². The largest absolute Gasteiger partial charge is 0.466 e. The topological polar surface area (TPSA) is 52.3 Å². The molecular weight excluding hydrogens is 218 g/mol. The van der Waals surface area contributed by atoms with Crippen LogP contribution in [0.15, 0.2) is 0 Å². The van der Waals surface area contributed by atoms with Crippen LogP contribution in [0.4, 0.5) is 0 Å². The highest BCUT2D eigenvalue weighted by atomic mass is 28.3. The van der Waals surface area contributed by atoms with Gasteiger partial charge in [0.1, 0.15) is 0 Å². The van der Waals surface area contributed by atoms with Crippen molar-refractivity contribution in [2.45, 2.75) is 57.4 Å². The molecule has 3 nitrogen and oxygen atoms in total. The summed E-state index contributed by atoms with van der Waals surface area (Å²) < 4.78 is 5.34. The highest BCUT2D eigenvalue weighted by molar-refractivity contribution is 6.76. The summed E-state index contributed by atoms with van der Waals surface area (Å²) in [6.45, 7) is 7.44. The first kappa shape index (κ1) is 13.7. The Morgan fingerprint density at radius 1 is 1.31 bits per heavy atom. The Morgan fingerprint density at radius 3 is 2.50 bits per heavy atom. The standard InChI is InChI=1S/C12H25NO2Si/c1-16(2,3)9-8-15-12(14)10-6-4-5-7-11(10)13/h10-11H,4-9,13H2,1-3H3/t10-,11+/m0/s1. The number of esters is 1. The Bertz CT molecular complexity index is 238. The van der Waals surface area contributed by atoms with Gasteiger partial charge in [0.15, 0.2) is 0 Å². The molecule has 1 rings (SSSR count). The van der Waals surface area contributed by atoms with Gasteiger partial charge in [-0.25, -0.2) is 0 Å². The third-order valence-corrected chi connectivity index (χ3v) is 4.92. The monoisotopic (exact) mass is 243 g/mol.